The molecule has 0 aromatic rings. The van der Waals surface area contributed by atoms with Gasteiger partial charge in [-0.15, -0.1) is 0 Å². The lowest BCUT2D eigenvalue weighted by Gasteiger charge is -2.48. The summed E-state index contributed by atoms with van der Waals surface area (Å²) in [4.78, 5) is 12.7. The number of carbonyl (C=O) groups is 1. The van der Waals surface area contributed by atoms with Crippen LogP contribution in [-0.4, -0.2) is 193 Å². The highest BCUT2D eigenvalue weighted by molar-refractivity contribution is 5.76. The molecule has 1 amide bonds. The van der Waals surface area contributed by atoms with Crippen LogP contribution in [0.4, 0.5) is 0 Å². The van der Waals surface area contributed by atoms with Gasteiger partial charge in [0.2, 0.25) is 5.91 Å². The number of hydrogen-bond acceptors (Lipinski definition) is 18. The molecular weight excluding hydrogens is 794 g/mol. The van der Waals surface area contributed by atoms with Crippen molar-refractivity contribution in [2.45, 2.75) is 214 Å². The molecule has 19 heteroatoms. The molecule has 0 saturated carbocycles. The number of rotatable bonds is 28. The van der Waals surface area contributed by atoms with Gasteiger partial charge in [-0.2, -0.15) is 0 Å². The third-order valence-electron chi connectivity index (χ3n) is 11.3. The van der Waals surface area contributed by atoms with E-state index in [-0.39, 0.29) is 18.9 Å². The lowest BCUT2D eigenvalue weighted by molar-refractivity contribution is -0.379. The highest BCUT2D eigenvalue weighted by Gasteiger charge is 2.53. The maximum atomic E-state index is 12.7. The van der Waals surface area contributed by atoms with E-state index in [0.717, 1.165) is 32.1 Å². The maximum Gasteiger partial charge on any atom is 0.220 e. The third-order valence-corrected chi connectivity index (χ3v) is 11.3. The number of allylic oxidation sites excluding steroid dienone is 1. The van der Waals surface area contributed by atoms with Gasteiger partial charge in [0.05, 0.1) is 38.6 Å². The van der Waals surface area contributed by atoms with E-state index in [2.05, 4.69) is 12.2 Å². The lowest BCUT2D eigenvalue weighted by Crippen LogP contribution is -2.66. The summed E-state index contributed by atoms with van der Waals surface area (Å²) < 4.78 is 33.8. The molecule has 17 atom stereocenters. The minimum absolute atomic E-state index is 0.219. The van der Waals surface area contributed by atoms with Gasteiger partial charge in [-0.1, -0.05) is 96.6 Å². The molecule has 0 spiro atoms. The minimum Gasteiger partial charge on any atom is -0.394 e. The van der Waals surface area contributed by atoms with Gasteiger partial charge in [-0.05, 0) is 19.3 Å². The van der Waals surface area contributed by atoms with Crippen LogP contribution in [0, 0.1) is 0 Å². The van der Waals surface area contributed by atoms with Crippen molar-refractivity contribution in [3.8, 4) is 0 Å². The molecule has 0 bridgehead atoms. The van der Waals surface area contributed by atoms with Crippen LogP contribution in [0.1, 0.15) is 110 Å². The van der Waals surface area contributed by atoms with Crippen LogP contribution in [0.3, 0.4) is 0 Å². The average molecular weight is 870 g/mol. The summed E-state index contributed by atoms with van der Waals surface area (Å²) in [5, 5.41) is 118. The molecule has 3 aliphatic rings. The van der Waals surface area contributed by atoms with E-state index in [1.165, 1.54) is 51.4 Å². The Morgan fingerprint density at radius 2 is 1.03 bits per heavy atom. The van der Waals surface area contributed by atoms with Crippen LogP contribution < -0.4 is 5.32 Å². The Bertz CT molecular complexity index is 1180. The highest BCUT2D eigenvalue weighted by Crippen LogP contribution is 2.33. The molecule has 3 saturated heterocycles. The van der Waals surface area contributed by atoms with Gasteiger partial charge in [0.25, 0.3) is 0 Å². The summed E-state index contributed by atoms with van der Waals surface area (Å²) in [6, 6.07) is -0.960. The number of ether oxygens (including phenoxy) is 6. The zero-order valence-corrected chi connectivity index (χ0v) is 35.2. The van der Waals surface area contributed by atoms with Crippen molar-refractivity contribution >= 4 is 5.91 Å². The molecule has 3 heterocycles. The molecule has 19 nitrogen and oxygen atoms in total. The van der Waals surface area contributed by atoms with Crippen LogP contribution in [-0.2, 0) is 33.2 Å². The Morgan fingerprint density at radius 1 is 0.583 bits per heavy atom. The van der Waals surface area contributed by atoms with Gasteiger partial charge in [0.1, 0.15) is 73.2 Å². The van der Waals surface area contributed by atoms with Crippen molar-refractivity contribution in [3.63, 3.8) is 0 Å². The molecule has 0 aromatic carbocycles. The lowest BCUT2D eigenvalue weighted by atomic mass is 9.96. The Morgan fingerprint density at radius 3 is 1.55 bits per heavy atom. The first-order valence-electron chi connectivity index (χ1n) is 21.9. The van der Waals surface area contributed by atoms with Crippen LogP contribution in [0.15, 0.2) is 12.2 Å². The molecule has 17 unspecified atom stereocenters. The molecule has 0 aliphatic carbocycles. The van der Waals surface area contributed by atoms with E-state index >= 15 is 0 Å². The molecule has 3 aliphatic heterocycles. The van der Waals surface area contributed by atoms with Gasteiger partial charge in [0, 0.05) is 6.42 Å². The SMILES string of the molecule is CCCCCCCCCCCCC/C=C/C(O)C(COC1OC(CO)C(OC2OC(CO)C(OC3OC(CO)C(O)C(O)C3O)C(O)C2O)C(O)C1O)NC(=O)CCCC. The Kier molecular flexibility index (Phi) is 25.0. The van der Waals surface area contributed by atoms with Crippen LogP contribution in [0.25, 0.3) is 0 Å². The number of hydrogen-bond donors (Lipinski definition) is 12. The highest BCUT2D eigenvalue weighted by atomic mass is 16.8. The standard InChI is InChI=1S/C41H75NO18/c1-3-5-7-8-9-10-11-12-13-14-15-16-17-18-25(46)24(42-29(47)19-6-4-2)23-55-39-35(53)32(50)37(27(21-44)57-39)60-41-36(54)33(51)38(28(22-45)58-41)59-40-34(52)31(49)30(48)26(20-43)56-40/h17-18,24-28,30-41,43-46,48-54H,3-16,19-23H2,1-2H3,(H,42,47)/b18-17+. The number of unbranched alkanes of at least 4 members (excludes halogenated alkanes) is 12. The fourth-order valence-electron chi connectivity index (χ4n) is 7.52. The second-order valence-electron chi connectivity index (χ2n) is 16.2. The summed E-state index contributed by atoms with van der Waals surface area (Å²) in [6.45, 7) is 1.39. The largest absolute Gasteiger partial charge is 0.394 e. The number of nitrogens with one attached hydrogen (secondary N) is 1. The molecule has 3 fully saturated rings. The molecule has 0 aromatic heterocycles. The first kappa shape index (κ1) is 52.9. The molecule has 3 rings (SSSR count). The van der Waals surface area contributed by atoms with Crippen molar-refractivity contribution in [1.82, 2.24) is 5.32 Å². The molecule has 12 N–H and O–H groups in total. The number of carbonyl (C=O) groups excluding carboxylic acids is 1. The predicted octanol–water partition coefficient (Wildman–Crippen LogP) is -1.26. The van der Waals surface area contributed by atoms with Gasteiger partial charge in [0.15, 0.2) is 18.9 Å². The smallest absolute Gasteiger partial charge is 0.220 e. The Labute approximate surface area is 353 Å². The van der Waals surface area contributed by atoms with Crippen molar-refractivity contribution in [2.24, 2.45) is 0 Å². The minimum atomic E-state index is -1.97. The number of aliphatic hydroxyl groups is 11. The van der Waals surface area contributed by atoms with Crippen LogP contribution in [0.2, 0.25) is 0 Å². The number of amides is 1. The molecular formula is C41H75NO18. The van der Waals surface area contributed by atoms with Gasteiger partial charge in [-0.25, -0.2) is 0 Å². The summed E-state index contributed by atoms with van der Waals surface area (Å²) in [6.07, 6.45) is -7.56. The fourth-order valence-corrected chi connectivity index (χ4v) is 7.52. The zero-order valence-electron chi connectivity index (χ0n) is 35.2. The van der Waals surface area contributed by atoms with E-state index in [0.29, 0.717) is 6.42 Å². The normalized spacial score (nSPS) is 36.0. The van der Waals surface area contributed by atoms with E-state index in [1.807, 2.05) is 13.0 Å². The second kappa shape index (κ2) is 28.3. The maximum absolute atomic E-state index is 12.7. The molecule has 352 valence electrons. The topological polar surface area (TPSA) is 307 Å². The Hall–Kier alpha value is -1.47. The van der Waals surface area contributed by atoms with Crippen LogP contribution in [0.5, 0.6) is 0 Å². The van der Waals surface area contributed by atoms with E-state index in [9.17, 15) is 61.0 Å². The van der Waals surface area contributed by atoms with Crippen molar-refractivity contribution in [1.29, 1.82) is 0 Å². The van der Waals surface area contributed by atoms with Gasteiger partial charge in [-0.3, -0.25) is 4.79 Å². The first-order valence-corrected chi connectivity index (χ1v) is 21.9. The fraction of sp³-hybridized carbons (Fsp3) is 0.927. The first-order chi connectivity index (χ1) is 28.8. The zero-order chi connectivity index (χ0) is 44.2. The van der Waals surface area contributed by atoms with E-state index in [4.69, 9.17) is 28.4 Å². The number of aliphatic hydroxyl groups excluding tert-OH is 11. The summed E-state index contributed by atoms with van der Waals surface area (Å²) in [5.74, 6) is -0.314. The van der Waals surface area contributed by atoms with Crippen molar-refractivity contribution in [3.05, 3.63) is 12.2 Å². The van der Waals surface area contributed by atoms with Crippen molar-refractivity contribution < 1.29 is 89.4 Å². The van der Waals surface area contributed by atoms with E-state index < -0.39 is 124 Å². The van der Waals surface area contributed by atoms with Gasteiger partial charge < -0.3 is 89.9 Å². The third kappa shape index (κ3) is 16.0. The molecule has 60 heavy (non-hydrogen) atoms. The monoisotopic (exact) mass is 869 g/mol. The quantitative estimate of drug-likeness (QED) is 0.0323. The average Bonchev–Trinajstić information content (AvgIpc) is 3.24. The Balaban J connectivity index is 1.56. The van der Waals surface area contributed by atoms with E-state index in [1.54, 1.807) is 6.08 Å². The predicted molar refractivity (Wildman–Crippen MR) is 213 cm³/mol. The van der Waals surface area contributed by atoms with Crippen molar-refractivity contribution in [2.75, 3.05) is 26.4 Å². The molecule has 0 radical (unpaired) electrons. The summed E-state index contributed by atoms with van der Waals surface area (Å²) in [7, 11) is 0. The van der Waals surface area contributed by atoms with Gasteiger partial charge >= 0.3 is 0 Å². The van der Waals surface area contributed by atoms with Crippen LogP contribution >= 0.6 is 0 Å². The summed E-state index contributed by atoms with van der Waals surface area (Å²) >= 11 is 0. The summed E-state index contributed by atoms with van der Waals surface area (Å²) in [5.41, 5.74) is 0. The second-order valence-corrected chi connectivity index (χ2v) is 16.2.